The molecule has 0 aliphatic rings. The highest BCUT2D eigenvalue weighted by Crippen LogP contribution is 2.19. The lowest BCUT2D eigenvalue weighted by atomic mass is 9.94. The number of aliphatic hydroxyl groups is 1. The number of carbonyl (C=O) groups is 1. The molecule has 1 atom stereocenters. The van der Waals surface area contributed by atoms with E-state index in [1.54, 1.807) is 13.0 Å². The Morgan fingerprint density at radius 1 is 1.50 bits per heavy atom. The third-order valence-electron chi connectivity index (χ3n) is 2.91. The number of nitrogens with one attached hydrogen (secondary N) is 1. The minimum Gasteiger partial charge on any atom is -0.388 e. The summed E-state index contributed by atoms with van der Waals surface area (Å²) in [6.07, 6.45) is 0.441. The Balaban J connectivity index is 2.56. The second-order valence-electron chi connectivity index (χ2n) is 5.75. The van der Waals surface area contributed by atoms with Gasteiger partial charge in [-0.2, -0.15) is 0 Å². The van der Waals surface area contributed by atoms with Gasteiger partial charge in [-0.05, 0) is 31.4 Å². The summed E-state index contributed by atoms with van der Waals surface area (Å²) >= 11 is 5.86. The van der Waals surface area contributed by atoms with Crippen molar-refractivity contribution < 1.29 is 14.3 Å². The van der Waals surface area contributed by atoms with Crippen molar-refractivity contribution >= 4 is 17.5 Å². The van der Waals surface area contributed by atoms with Crippen molar-refractivity contribution in [3.05, 3.63) is 34.6 Å². The van der Waals surface area contributed by atoms with Crippen LogP contribution in [0.15, 0.2) is 18.2 Å². The van der Waals surface area contributed by atoms with Gasteiger partial charge < -0.3 is 10.4 Å². The number of halogens is 2. The summed E-state index contributed by atoms with van der Waals surface area (Å²) in [6, 6.07) is 4.30. The Morgan fingerprint density at radius 2 is 2.15 bits per heavy atom. The molecule has 0 radical (unpaired) electrons. The van der Waals surface area contributed by atoms with Crippen LogP contribution in [0.1, 0.15) is 32.8 Å². The SMILES string of the molecule is CC(C)CC(C)(O)CNC(=O)Cc1c(F)cccc1Cl. The van der Waals surface area contributed by atoms with Gasteiger partial charge in [-0.1, -0.05) is 31.5 Å². The summed E-state index contributed by atoms with van der Waals surface area (Å²) < 4.78 is 13.5. The first-order valence-corrected chi connectivity index (χ1v) is 7.01. The highest BCUT2D eigenvalue weighted by atomic mass is 35.5. The lowest BCUT2D eigenvalue weighted by Gasteiger charge is -2.25. The van der Waals surface area contributed by atoms with Gasteiger partial charge in [0.1, 0.15) is 5.82 Å². The topological polar surface area (TPSA) is 49.3 Å². The van der Waals surface area contributed by atoms with Crippen molar-refractivity contribution in [2.24, 2.45) is 5.92 Å². The molecule has 5 heteroatoms. The molecule has 0 aromatic heterocycles. The molecule has 20 heavy (non-hydrogen) atoms. The maximum absolute atomic E-state index is 13.5. The fourth-order valence-corrected chi connectivity index (χ4v) is 2.39. The summed E-state index contributed by atoms with van der Waals surface area (Å²) in [5, 5.41) is 12.9. The van der Waals surface area contributed by atoms with Crippen LogP contribution in [-0.2, 0) is 11.2 Å². The van der Waals surface area contributed by atoms with Crippen LogP contribution >= 0.6 is 11.6 Å². The molecule has 0 heterocycles. The molecule has 0 bridgehead atoms. The third kappa shape index (κ3) is 5.47. The van der Waals surface area contributed by atoms with Crippen molar-refractivity contribution in [1.29, 1.82) is 0 Å². The normalized spacial score (nSPS) is 14.2. The molecule has 3 nitrogen and oxygen atoms in total. The molecule has 1 rings (SSSR count). The summed E-state index contributed by atoms with van der Waals surface area (Å²) in [5.74, 6) is -0.537. The number of benzene rings is 1. The third-order valence-corrected chi connectivity index (χ3v) is 3.27. The minimum absolute atomic E-state index is 0.135. The van der Waals surface area contributed by atoms with E-state index in [2.05, 4.69) is 5.32 Å². The van der Waals surface area contributed by atoms with Gasteiger partial charge in [-0.3, -0.25) is 4.79 Å². The molecule has 1 unspecified atom stereocenters. The van der Waals surface area contributed by atoms with Crippen molar-refractivity contribution in [2.45, 2.75) is 39.2 Å². The van der Waals surface area contributed by atoms with Gasteiger partial charge in [0.25, 0.3) is 0 Å². The highest BCUT2D eigenvalue weighted by molar-refractivity contribution is 6.31. The maximum Gasteiger partial charge on any atom is 0.224 e. The number of rotatable bonds is 6. The van der Waals surface area contributed by atoms with Crippen molar-refractivity contribution in [3.8, 4) is 0 Å². The van der Waals surface area contributed by atoms with E-state index in [1.165, 1.54) is 12.1 Å². The van der Waals surface area contributed by atoms with Crippen LogP contribution in [-0.4, -0.2) is 23.2 Å². The predicted molar refractivity (Wildman–Crippen MR) is 78.2 cm³/mol. The van der Waals surface area contributed by atoms with Crippen LogP contribution in [0.5, 0.6) is 0 Å². The zero-order valence-electron chi connectivity index (χ0n) is 12.0. The van der Waals surface area contributed by atoms with E-state index in [0.29, 0.717) is 12.3 Å². The number of carbonyl (C=O) groups excluding carboxylic acids is 1. The molecular weight excluding hydrogens is 281 g/mol. The Bertz CT molecular complexity index is 455. The smallest absolute Gasteiger partial charge is 0.224 e. The average Bonchev–Trinajstić information content (AvgIpc) is 2.30. The lowest BCUT2D eigenvalue weighted by molar-refractivity contribution is -0.121. The van der Waals surface area contributed by atoms with Gasteiger partial charge in [0.05, 0.1) is 12.0 Å². The van der Waals surface area contributed by atoms with E-state index in [0.717, 1.165) is 0 Å². The molecule has 2 N–H and O–H groups in total. The fourth-order valence-electron chi connectivity index (χ4n) is 2.16. The van der Waals surface area contributed by atoms with E-state index < -0.39 is 11.4 Å². The van der Waals surface area contributed by atoms with Gasteiger partial charge in [0, 0.05) is 17.1 Å². The zero-order valence-corrected chi connectivity index (χ0v) is 12.8. The Kier molecular flexibility index (Phi) is 5.96. The molecule has 0 spiro atoms. The Hall–Kier alpha value is -1.13. The number of hydrogen-bond donors (Lipinski definition) is 2. The fraction of sp³-hybridized carbons (Fsp3) is 0.533. The summed E-state index contributed by atoms with van der Waals surface area (Å²) in [7, 11) is 0. The molecule has 0 aliphatic carbocycles. The minimum atomic E-state index is -0.969. The summed E-state index contributed by atoms with van der Waals surface area (Å²) in [5.41, 5.74) is -0.793. The Morgan fingerprint density at radius 3 is 2.70 bits per heavy atom. The second-order valence-corrected chi connectivity index (χ2v) is 6.16. The summed E-state index contributed by atoms with van der Waals surface area (Å²) in [6.45, 7) is 5.80. The molecule has 1 aromatic carbocycles. The first-order chi connectivity index (χ1) is 9.21. The predicted octanol–water partition coefficient (Wildman–Crippen LogP) is 2.93. The molecule has 0 saturated carbocycles. The van der Waals surface area contributed by atoms with E-state index in [4.69, 9.17) is 11.6 Å². The first-order valence-electron chi connectivity index (χ1n) is 6.63. The van der Waals surface area contributed by atoms with Gasteiger partial charge >= 0.3 is 0 Å². The zero-order chi connectivity index (χ0) is 15.3. The largest absolute Gasteiger partial charge is 0.388 e. The van der Waals surface area contributed by atoms with E-state index in [-0.39, 0.29) is 29.5 Å². The van der Waals surface area contributed by atoms with E-state index >= 15 is 0 Å². The molecule has 1 amide bonds. The van der Waals surface area contributed by atoms with Crippen LogP contribution in [0.25, 0.3) is 0 Å². The highest BCUT2D eigenvalue weighted by Gasteiger charge is 2.23. The quantitative estimate of drug-likeness (QED) is 0.849. The van der Waals surface area contributed by atoms with Crippen LogP contribution in [0.3, 0.4) is 0 Å². The Labute approximate surface area is 124 Å². The van der Waals surface area contributed by atoms with Crippen molar-refractivity contribution in [2.75, 3.05) is 6.54 Å². The molecule has 0 fully saturated rings. The van der Waals surface area contributed by atoms with Gasteiger partial charge in [0.15, 0.2) is 0 Å². The average molecular weight is 302 g/mol. The monoisotopic (exact) mass is 301 g/mol. The second kappa shape index (κ2) is 7.04. The number of amides is 1. The van der Waals surface area contributed by atoms with Gasteiger partial charge in [-0.15, -0.1) is 0 Å². The van der Waals surface area contributed by atoms with E-state index in [9.17, 15) is 14.3 Å². The van der Waals surface area contributed by atoms with E-state index in [1.807, 2.05) is 13.8 Å². The van der Waals surface area contributed by atoms with Crippen LogP contribution in [0, 0.1) is 11.7 Å². The van der Waals surface area contributed by atoms with Crippen LogP contribution in [0.2, 0.25) is 5.02 Å². The van der Waals surface area contributed by atoms with Crippen LogP contribution in [0.4, 0.5) is 4.39 Å². The van der Waals surface area contributed by atoms with Crippen molar-refractivity contribution in [1.82, 2.24) is 5.32 Å². The van der Waals surface area contributed by atoms with Gasteiger partial charge in [-0.25, -0.2) is 4.39 Å². The molecule has 0 aliphatic heterocycles. The lowest BCUT2D eigenvalue weighted by Crippen LogP contribution is -2.42. The van der Waals surface area contributed by atoms with Gasteiger partial charge in [0.2, 0.25) is 5.91 Å². The molecule has 1 aromatic rings. The number of hydrogen-bond acceptors (Lipinski definition) is 2. The maximum atomic E-state index is 13.5. The standard InChI is InChI=1S/C15H21ClFNO2/c1-10(2)8-15(3,20)9-18-14(19)7-11-12(16)5-4-6-13(11)17/h4-6,10,20H,7-9H2,1-3H3,(H,18,19). The first kappa shape index (κ1) is 16.9. The summed E-state index contributed by atoms with van der Waals surface area (Å²) in [4.78, 5) is 11.8. The van der Waals surface area contributed by atoms with Crippen molar-refractivity contribution in [3.63, 3.8) is 0 Å². The molecule has 112 valence electrons. The molecule has 0 saturated heterocycles. The van der Waals surface area contributed by atoms with Crippen LogP contribution < -0.4 is 5.32 Å². The molecular formula is C15H21ClFNO2.